The molecule has 1 aliphatic rings. The van der Waals surface area contributed by atoms with Gasteiger partial charge in [0.05, 0.1) is 0 Å². The molecule has 0 bridgehead atoms. The molecule has 2 N–H and O–H groups in total. The van der Waals surface area contributed by atoms with E-state index in [1.807, 2.05) is 12.1 Å². The smallest absolute Gasteiger partial charge is 0.119 e. The van der Waals surface area contributed by atoms with Crippen LogP contribution in [-0.4, -0.2) is 10.2 Å². The largest absolute Gasteiger partial charge is 0.508 e. The van der Waals surface area contributed by atoms with Crippen LogP contribution >= 0.6 is 0 Å². The van der Waals surface area contributed by atoms with E-state index >= 15 is 0 Å². The van der Waals surface area contributed by atoms with Crippen molar-refractivity contribution in [1.82, 2.24) is 0 Å². The zero-order chi connectivity index (χ0) is 23.4. The molecule has 0 saturated heterocycles. The van der Waals surface area contributed by atoms with Crippen molar-refractivity contribution in [1.29, 1.82) is 0 Å². The Morgan fingerprint density at radius 2 is 1.16 bits per heavy atom. The fourth-order valence-corrected chi connectivity index (χ4v) is 6.05. The van der Waals surface area contributed by atoms with Gasteiger partial charge in [-0.25, -0.2) is 0 Å². The molecule has 170 valence electrons. The maximum Gasteiger partial charge on any atom is 0.119 e. The van der Waals surface area contributed by atoms with Crippen LogP contribution in [0.1, 0.15) is 104 Å². The molecule has 31 heavy (non-hydrogen) atoms. The van der Waals surface area contributed by atoms with Gasteiger partial charge in [-0.1, -0.05) is 86.6 Å². The lowest BCUT2D eigenvalue weighted by Gasteiger charge is -2.49. The standard InChI is InChI=1S/C29H42O2/c1-19-16-28(8,9)18-29(17-19,20-10-12-24(30)22(14-20)26(2,3)4)21-11-13-25(31)23(15-21)27(5,6)7/h10-15,19,30-31H,16-18H2,1-9H3. The number of hydrogen-bond donors (Lipinski definition) is 2. The van der Waals surface area contributed by atoms with Crippen molar-refractivity contribution < 1.29 is 10.2 Å². The van der Waals surface area contributed by atoms with E-state index in [1.54, 1.807) is 0 Å². The van der Waals surface area contributed by atoms with Crippen molar-refractivity contribution in [3.05, 3.63) is 58.7 Å². The second-order valence-corrected chi connectivity index (χ2v) is 12.9. The summed E-state index contributed by atoms with van der Waals surface area (Å²) in [4.78, 5) is 0. The molecule has 2 nitrogen and oxygen atoms in total. The monoisotopic (exact) mass is 422 g/mol. The minimum absolute atomic E-state index is 0.136. The van der Waals surface area contributed by atoms with E-state index in [0.29, 0.717) is 17.4 Å². The van der Waals surface area contributed by atoms with E-state index in [-0.39, 0.29) is 21.7 Å². The topological polar surface area (TPSA) is 40.5 Å². The lowest BCUT2D eigenvalue weighted by atomic mass is 9.55. The average Bonchev–Trinajstić information content (AvgIpc) is 2.58. The zero-order valence-corrected chi connectivity index (χ0v) is 21.1. The molecule has 0 aromatic heterocycles. The molecule has 1 atom stereocenters. The third-order valence-electron chi connectivity index (χ3n) is 7.09. The fraction of sp³-hybridized carbons (Fsp3) is 0.586. The Morgan fingerprint density at radius 1 is 0.742 bits per heavy atom. The molecular formula is C29H42O2. The van der Waals surface area contributed by atoms with Crippen LogP contribution in [0.2, 0.25) is 0 Å². The Morgan fingerprint density at radius 3 is 1.52 bits per heavy atom. The van der Waals surface area contributed by atoms with Gasteiger partial charge in [0, 0.05) is 5.41 Å². The van der Waals surface area contributed by atoms with Crippen LogP contribution in [0.15, 0.2) is 36.4 Å². The Balaban J connectivity index is 2.31. The van der Waals surface area contributed by atoms with Crippen molar-refractivity contribution in [3.63, 3.8) is 0 Å². The molecule has 1 unspecified atom stereocenters. The maximum absolute atomic E-state index is 10.6. The molecule has 2 aromatic rings. The quantitative estimate of drug-likeness (QED) is 0.518. The summed E-state index contributed by atoms with van der Waals surface area (Å²) in [6, 6.07) is 12.5. The first-order chi connectivity index (χ1) is 14.1. The summed E-state index contributed by atoms with van der Waals surface area (Å²) in [5.41, 5.74) is 4.33. The summed E-state index contributed by atoms with van der Waals surface area (Å²) in [6.45, 7) is 20.1. The first kappa shape index (κ1) is 23.7. The predicted molar refractivity (Wildman–Crippen MR) is 131 cm³/mol. The Hall–Kier alpha value is -1.96. The van der Waals surface area contributed by atoms with Crippen LogP contribution in [0.3, 0.4) is 0 Å². The van der Waals surface area contributed by atoms with Gasteiger partial charge in [-0.2, -0.15) is 0 Å². The Labute approximate surface area is 189 Å². The minimum Gasteiger partial charge on any atom is -0.508 e. The second-order valence-electron chi connectivity index (χ2n) is 12.9. The van der Waals surface area contributed by atoms with Gasteiger partial charge in [-0.15, -0.1) is 0 Å². The molecule has 0 radical (unpaired) electrons. The molecule has 0 amide bonds. The van der Waals surface area contributed by atoms with Gasteiger partial charge < -0.3 is 10.2 Å². The predicted octanol–water partition coefficient (Wildman–Crippen LogP) is 7.83. The average molecular weight is 423 g/mol. The van der Waals surface area contributed by atoms with Crippen LogP contribution in [-0.2, 0) is 16.2 Å². The van der Waals surface area contributed by atoms with Crippen molar-refractivity contribution >= 4 is 0 Å². The lowest BCUT2D eigenvalue weighted by molar-refractivity contribution is 0.126. The number of benzene rings is 2. The van der Waals surface area contributed by atoms with Crippen molar-refractivity contribution in [2.24, 2.45) is 11.3 Å². The number of aromatic hydroxyl groups is 2. The maximum atomic E-state index is 10.6. The summed E-state index contributed by atoms with van der Waals surface area (Å²) < 4.78 is 0. The lowest BCUT2D eigenvalue weighted by Crippen LogP contribution is -2.41. The Bertz CT molecular complexity index is 890. The van der Waals surface area contributed by atoms with Gasteiger partial charge in [0.15, 0.2) is 0 Å². The molecule has 3 rings (SSSR count). The third kappa shape index (κ3) is 4.64. The Kier molecular flexibility index (Phi) is 5.79. The molecule has 0 aliphatic heterocycles. The van der Waals surface area contributed by atoms with Crippen LogP contribution in [0.4, 0.5) is 0 Å². The van der Waals surface area contributed by atoms with Gasteiger partial charge in [0.25, 0.3) is 0 Å². The highest BCUT2D eigenvalue weighted by Gasteiger charge is 2.46. The molecule has 0 spiro atoms. The molecular weight excluding hydrogens is 380 g/mol. The second kappa shape index (κ2) is 7.57. The highest BCUT2D eigenvalue weighted by molar-refractivity contribution is 5.51. The molecule has 1 saturated carbocycles. The number of phenolic OH excluding ortho intramolecular Hbond substituents is 2. The summed E-state index contributed by atoms with van der Waals surface area (Å²) in [6.07, 6.45) is 3.33. The van der Waals surface area contributed by atoms with E-state index < -0.39 is 0 Å². The van der Waals surface area contributed by atoms with Crippen LogP contribution in [0, 0.1) is 11.3 Å². The number of hydrogen-bond acceptors (Lipinski definition) is 2. The normalized spacial score (nSPS) is 21.1. The first-order valence-corrected chi connectivity index (χ1v) is 11.7. The molecule has 2 aromatic carbocycles. The van der Waals surface area contributed by atoms with E-state index in [0.717, 1.165) is 24.0 Å². The SMILES string of the molecule is CC1CC(C)(C)CC(c2ccc(O)c(C(C)(C)C)c2)(c2ccc(O)c(C(C)(C)C)c2)C1. The van der Waals surface area contributed by atoms with Crippen molar-refractivity contribution in [3.8, 4) is 11.5 Å². The third-order valence-corrected chi connectivity index (χ3v) is 7.09. The van der Waals surface area contributed by atoms with Gasteiger partial charge in [0.1, 0.15) is 11.5 Å². The highest BCUT2D eigenvalue weighted by atomic mass is 16.3. The van der Waals surface area contributed by atoms with Crippen LogP contribution in [0.5, 0.6) is 11.5 Å². The molecule has 0 heterocycles. The van der Waals surface area contributed by atoms with Gasteiger partial charge >= 0.3 is 0 Å². The highest BCUT2D eigenvalue weighted by Crippen LogP contribution is 2.55. The van der Waals surface area contributed by atoms with Gasteiger partial charge in [0.2, 0.25) is 0 Å². The fourth-order valence-electron chi connectivity index (χ4n) is 6.05. The van der Waals surface area contributed by atoms with Crippen LogP contribution < -0.4 is 0 Å². The summed E-state index contributed by atoms with van der Waals surface area (Å²) in [5.74, 6) is 1.33. The van der Waals surface area contributed by atoms with E-state index in [9.17, 15) is 10.2 Å². The zero-order valence-electron chi connectivity index (χ0n) is 21.1. The van der Waals surface area contributed by atoms with E-state index in [4.69, 9.17) is 0 Å². The van der Waals surface area contributed by atoms with Crippen molar-refractivity contribution in [2.45, 2.75) is 97.8 Å². The van der Waals surface area contributed by atoms with Gasteiger partial charge in [-0.05, 0) is 75.8 Å². The summed E-state index contributed by atoms with van der Waals surface area (Å²) >= 11 is 0. The number of phenols is 2. The summed E-state index contributed by atoms with van der Waals surface area (Å²) in [5, 5.41) is 21.3. The summed E-state index contributed by atoms with van der Waals surface area (Å²) in [7, 11) is 0. The van der Waals surface area contributed by atoms with E-state index in [2.05, 4.69) is 86.6 Å². The molecule has 1 aliphatic carbocycles. The van der Waals surface area contributed by atoms with E-state index in [1.165, 1.54) is 17.5 Å². The van der Waals surface area contributed by atoms with Crippen LogP contribution in [0.25, 0.3) is 0 Å². The van der Waals surface area contributed by atoms with Crippen molar-refractivity contribution in [2.75, 3.05) is 0 Å². The molecule has 1 fully saturated rings. The first-order valence-electron chi connectivity index (χ1n) is 11.7. The minimum atomic E-state index is -0.150. The molecule has 2 heteroatoms. The number of rotatable bonds is 2. The van der Waals surface area contributed by atoms with Gasteiger partial charge in [-0.3, -0.25) is 0 Å².